The standard InChI is InChI=1S/C9H11F2N.ClH/c1-2-8(12)9-6(10)4-3-5-7(9)11;/h3-5,8H,2,12H2,1H3;1H/t8-;/m0./s1. The van der Waals surface area contributed by atoms with Crippen molar-refractivity contribution in [2.24, 2.45) is 5.73 Å². The molecule has 0 saturated carbocycles. The Morgan fingerprint density at radius 2 is 1.77 bits per heavy atom. The quantitative estimate of drug-likeness (QED) is 0.793. The predicted molar refractivity (Wildman–Crippen MR) is 50.8 cm³/mol. The molecule has 74 valence electrons. The third-order valence-electron chi connectivity index (χ3n) is 1.81. The van der Waals surface area contributed by atoms with E-state index in [4.69, 9.17) is 5.73 Å². The van der Waals surface area contributed by atoms with E-state index in [-0.39, 0.29) is 18.0 Å². The zero-order valence-corrected chi connectivity index (χ0v) is 8.07. The highest BCUT2D eigenvalue weighted by atomic mass is 35.5. The lowest BCUT2D eigenvalue weighted by Gasteiger charge is -2.10. The van der Waals surface area contributed by atoms with Crippen molar-refractivity contribution >= 4 is 12.4 Å². The van der Waals surface area contributed by atoms with Gasteiger partial charge in [0.15, 0.2) is 0 Å². The maximum Gasteiger partial charge on any atom is 0.130 e. The van der Waals surface area contributed by atoms with Gasteiger partial charge >= 0.3 is 0 Å². The summed E-state index contributed by atoms with van der Waals surface area (Å²) in [6.07, 6.45) is 0.526. The molecule has 1 atom stereocenters. The van der Waals surface area contributed by atoms with Crippen LogP contribution in [0.15, 0.2) is 18.2 Å². The summed E-state index contributed by atoms with van der Waals surface area (Å²) in [7, 11) is 0. The Labute approximate surface area is 82.4 Å². The van der Waals surface area contributed by atoms with Gasteiger partial charge in [-0.2, -0.15) is 0 Å². The van der Waals surface area contributed by atoms with Crippen LogP contribution in [0.4, 0.5) is 8.78 Å². The molecular formula is C9H12ClF2N. The van der Waals surface area contributed by atoms with Crippen molar-refractivity contribution in [3.63, 3.8) is 0 Å². The van der Waals surface area contributed by atoms with Crippen LogP contribution in [0.25, 0.3) is 0 Å². The van der Waals surface area contributed by atoms with E-state index < -0.39 is 17.7 Å². The van der Waals surface area contributed by atoms with Crippen LogP contribution >= 0.6 is 12.4 Å². The highest BCUT2D eigenvalue weighted by Crippen LogP contribution is 2.20. The molecule has 0 spiro atoms. The van der Waals surface area contributed by atoms with Crippen molar-refractivity contribution in [1.82, 2.24) is 0 Å². The van der Waals surface area contributed by atoms with Gasteiger partial charge in [-0.25, -0.2) is 8.78 Å². The van der Waals surface area contributed by atoms with E-state index in [2.05, 4.69) is 0 Å². The van der Waals surface area contributed by atoms with Crippen molar-refractivity contribution in [2.75, 3.05) is 0 Å². The van der Waals surface area contributed by atoms with Crippen molar-refractivity contribution in [3.8, 4) is 0 Å². The molecule has 4 heteroatoms. The third kappa shape index (κ3) is 2.64. The van der Waals surface area contributed by atoms with Gasteiger partial charge in [-0.15, -0.1) is 12.4 Å². The van der Waals surface area contributed by atoms with Crippen LogP contribution in [-0.4, -0.2) is 0 Å². The highest BCUT2D eigenvalue weighted by Gasteiger charge is 2.13. The van der Waals surface area contributed by atoms with Crippen molar-refractivity contribution in [3.05, 3.63) is 35.4 Å². The fraction of sp³-hybridized carbons (Fsp3) is 0.333. The second-order valence-corrected chi connectivity index (χ2v) is 2.65. The molecule has 0 amide bonds. The molecular weight excluding hydrogens is 196 g/mol. The fourth-order valence-electron chi connectivity index (χ4n) is 1.07. The van der Waals surface area contributed by atoms with Crippen LogP contribution in [-0.2, 0) is 0 Å². The molecule has 0 unspecified atom stereocenters. The summed E-state index contributed by atoms with van der Waals surface area (Å²) < 4.78 is 25.9. The van der Waals surface area contributed by atoms with Crippen molar-refractivity contribution in [2.45, 2.75) is 19.4 Å². The first-order chi connectivity index (χ1) is 5.66. The fourth-order valence-corrected chi connectivity index (χ4v) is 1.07. The van der Waals surface area contributed by atoms with Crippen LogP contribution in [0, 0.1) is 11.6 Å². The summed E-state index contributed by atoms with van der Waals surface area (Å²) in [5, 5.41) is 0. The molecule has 0 heterocycles. The molecule has 13 heavy (non-hydrogen) atoms. The minimum atomic E-state index is -0.565. The Morgan fingerprint density at radius 1 is 1.31 bits per heavy atom. The normalized spacial score (nSPS) is 12.0. The third-order valence-corrected chi connectivity index (χ3v) is 1.81. The van der Waals surface area contributed by atoms with E-state index >= 15 is 0 Å². The molecule has 0 aliphatic heterocycles. The van der Waals surface area contributed by atoms with E-state index in [0.717, 1.165) is 0 Å². The van der Waals surface area contributed by atoms with Gasteiger partial charge in [-0.3, -0.25) is 0 Å². The van der Waals surface area contributed by atoms with Gasteiger partial charge in [-0.05, 0) is 18.6 Å². The van der Waals surface area contributed by atoms with E-state index in [1.54, 1.807) is 6.92 Å². The first kappa shape index (κ1) is 12.3. The Hall–Kier alpha value is -0.670. The molecule has 0 aliphatic rings. The van der Waals surface area contributed by atoms with Crippen LogP contribution in [0.3, 0.4) is 0 Å². The van der Waals surface area contributed by atoms with Crippen molar-refractivity contribution < 1.29 is 8.78 Å². The molecule has 1 rings (SSSR count). The van der Waals surface area contributed by atoms with Crippen LogP contribution < -0.4 is 5.73 Å². The van der Waals surface area contributed by atoms with E-state index in [1.165, 1.54) is 18.2 Å². The number of benzene rings is 1. The molecule has 0 aliphatic carbocycles. The monoisotopic (exact) mass is 207 g/mol. The summed E-state index contributed by atoms with van der Waals surface area (Å²) in [6.45, 7) is 1.79. The highest BCUT2D eigenvalue weighted by molar-refractivity contribution is 5.85. The SMILES string of the molecule is CC[C@H](N)c1c(F)cccc1F.Cl. The summed E-state index contributed by atoms with van der Waals surface area (Å²) in [5.41, 5.74) is 5.50. The molecule has 0 bridgehead atoms. The smallest absolute Gasteiger partial charge is 0.130 e. The number of nitrogens with two attached hydrogens (primary N) is 1. The second-order valence-electron chi connectivity index (χ2n) is 2.65. The summed E-state index contributed by atoms with van der Waals surface area (Å²) in [5.74, 6) is -1.13. The van der Waals surface area contributed by atoms with Gasteiger partial charge in [0.05, 0.1) is 0 Å². The average Bonchev–Trinajstić information content (AvgIpc) is 2.03. The maximum absolute atomic E-state index is 13.0. The molecule has 2 N–H and O–H groups in total. The molecule has 0 fully saturated rings. The Kier molecular flexibility index (Phi) is 4.88. The van der Waals surface area contributed by atoms with Gasteiger partial charge in [0.25, 0.3) is 0 Å². The number of hydrogen-bond acceptors (Lipinski definition) is 1. The molecule has 0 saturated heterocycles. The maximum atomic E-state index is 13.0. The Balaban J connectivity index is 0.00000144. The lowest BCUT2D eigenvalue weighted by molar-refractivity contribution is 0.520. The molecule has 1 aromatic carbocycles. The van der Waals surface area contributed by atoms with Crippen LogP contribution in [0.1, 0.15) is 24.9 Å². The topological polar surface area (TPSA) is 26.0 Å². The second kappa shape index (κ2) is 5.14. The number of rotatable bonds is 2. The van der Waals surface area contributed by atoms with Crippen LogP contribution in [0.5, 0.6) is 0 Å². The molecule has 1 nitrogen and oxygen atoms in total. The Bertz CT molecular complexity index is 258. The largest absolute Gasteiger partial charge is 0.324 e. The zero-order valence-electron chi connectivity index (χ0n) is 7.26. The van der Waals surface area contributed by atoms with Gasteiger partial charge in [0.2, 0.25) is 0 Å². The first-order valence-corrected chi connectivity index (χ1v) is 3.86. The summed E-state index contributed by atoms with van der Waals surface area (Å²) in [4.78, 5) is 0. The van der Waals surface area contributed by atoms with E-state index in [0.29, 0.717) is 6.42 Å². The number of halogens is 3. The predicted octanol–water partition coefficient (Wildman–Crippen LogP) is 2.80. The average molecular weight is 208 g/mol. The van der Waals surface area contributed by atoms with E-state index in [9.17, 15) is 8.78 Å². The zero-order chi connectivity index (χ0) is 9.14. The molecule has 1 aromatic rings. The van der Waals surface area contributed by atoms with Gasteiger partial charge in [-0.1, -0.05) is 13.0 Å². The minimum Gasteiger partial charge on any atom is -0.324 e. The van der Waals surface area contributed by atoms with Crippen LogP contribution in [0.2, 0.25) is 0 Å². The summed E-state index contributed by atoms with van der Waals surface area (Å²) >= 11 is 0. The lowest BCUT2D eigenvalue weighted by Crippen LogP contribution is -2.12. The van der Waals surface area contributed by atoms with Crippen molar-refractivity contribution in [1.29, 1.82) is 0 Å². The molecule has 0 radical (unpaired) electrons. The van der Waals surface area contributed by atoms with Gasteiger partial charge < -0.3 is 5.73 Å². The number of hydrogen-bond donors (Lipinski definition) is 1. The van der Waals surface area contributed by atoms with Gasteiger partial charge in [0.1, 0.15) is 11.6 Å². The summed E-state index contributed by atoms with van der Waals surface area (Å²) in [6, 6.07) is 3.21. The van der Waals surface area contributed by atoms with E-state index in [1.807, 2.05) is 0 Å². The molecule has 0 aromatic heterocycles. The lowest BCUT2D eigenvalue weighted by atomic mass is 10.0. The first-order valence-electron chi connectivity index (χ1n) is 3.86. The minimum absolute atomic E-state index is 0. The van der Waals surface area contributed by atoms with Gasteiger partial charge in [0, 0.05) is 11.6 Å². The Morgan fingerprint density at radius 3 is 2.15 bits per heavy atom.